The van der Waals surface area contributed by atoms with Gasteiger partial charge in [0.15, 0.2) is 5.69 Å². The number of benzene rings is 2. The number of halogens is 4. The van der Waals surface area contributed by atoms with E-state index in [4.69, 9.17) is 5.26 Å². The quantitative estimate of drug-likeness (QED) is 0.546. The second-order valence-corrected chi connectivity index (χ2v) is 5.36. The topological polar surface area (TPSA) is 65.4 Å². The van der Waals surface area contributed by atoms with Crippen LogP contribution < -0.4 is 0 Å². The highest BCUT2D eigenvalue weighted by molar-refractivity contribution is 5.74. The van der Waals surface area contributed by atoms with Crippen LogP contribution in [-0.2, 0) is 6.18 Å². The zero-order chi connectivity index (χ0) is 18.7. The number of nitriles is 1. The molecule has 1 N–H and O–H groups in total. The van der Waals surface area contributed by atoms with Crippen LogP contribution >= 0.6 is 0 Å². The molecule has 3 rings (SSSR count). The molecule has 26 heavy (non-hydrogen) atoms. The molecule has 0 amide bonds. The number of hydrogen-bond donors (Lipinski definition) is 1. The van der Waals surface area contributed by atoms with Crippen molar-refractivity contribution in [1.82, 2.24) is 15.4 Å². The van der Waals surface area contributed by atoms with E-state index in [0.29, 0.717) is 16.7 Å². The number of hydrogen-bond acceptors (Lipinski definition) is 3. The lowest BCUT2D eigenvalue weighted by Crippen LogP contribution is -2.04. The highest BCUT2D eigenvalue weighted by Crippen LogP contribution is 2.30. The lowest BCUT2D eigenvalue weighted by atomic mass is 10.0. The van der Waals surface area contributed by atoms with Gasteiger partial charge < -0.3 is 0 Å². The molecule has 0 atom stereocenters. The Balaban J connectivity index is 1.94. The molecule has 3 aromatic rings. The van der Waals surface area contributed by atoms with E-state index in [-0.39, 0.29) is 11.4 Å². The summed E-state index contributed by atoms with van der Waals surface area (Å²) in [6, 6.07) is 10.6. The predicted octanol–water partition coefficient (Wildman–Crippen LogP) is 4.67. The third-order valence-corrected chi connectivity index (χ3v) is 3.53. The monoisotopic (exact) mass is 358 g/mol. The average molecular weight is 358 g/mol. The maximum atomic E-state index is 13.9. The normalized spacial score (nSPS) is 11.7. The summed E-state index contributed by atoms with van der Waals surface area (Å²) in [6.07, 6.45) is -1.51. The van der Waals surface area contributed by atoms with E-state index < -0.39 is 17.6 Å². The molecule has 1 heterocycles. The fraction of sp³-hybridized carbons (Fsp3) is 0.0556. The van der Waals surface area contributed by atoms with Gasteiger partial charge in [-0.05, 0) is 41.5 Å². The van der Waals surface area contributed by atoms with Crippen molar-refractivity contribution in [2.24, 2.45) is 0 Å². The number of aromatic amines is 1. The summed E-state index contributed by atoms with van der Waals surface area (Å²) in [7, 11) is 0. The average Bonchev–Trinajstić information content (AvgIpc) is 3.08. The zero-order valence-electron chi connectivity index (χ0n) is 13.0. The van der Waals surface area contributed by atoms with Crippen LogP contribution in [0.4, 0.5) is 17.6 Å². The Labute approximate surface area is 145 Å². The summed E-state index contributed by atoms with van der Waals surface area (Å²) in [5.74, 6) is -0.571. The number of H-pyrrole nitrogens is 1. The summed E-state index contributed by atoms with van der Waals surface area (Å²) >= 11 is 0. The number of alkyl halides is 3. The third-order valence-electron chi connectivity index (χ3n) is 3.53. The molecule has 130 valence electrons. The Kier molecular flexibility index (Phi) is 4.54. The minimum absolute atomic E-state index is 0.0170. The first-order chi connectivity index (χ1) is 12.4. The van der Waals surface area contributed by atoms with Gasteiger partial charge in [0.25, 0.3) is 0 Å². The highest BCUT2D eigenvalue weighted by Gasteiger charge is 2.30. The summed E-state index contributed by atoms with van der Waals surface area (Å²) in [5.41, 5.74) is 0.512. The molecular weight excluding hydrogens is 348 g/mol. The highest BCUT2D eigenvalue weighted by atomic mass is 19.4. The fourth-order valence-electron chi connectivity index (χ4n) is 2.37. The van der Waals surface area contributed by atoms with Crippen LogP contribution in [0.1, 0.15) is 22.4 Å². The van der Waals surface area contributed by atoms with Crippen LogP contribution in [0.3, 0.4) is 0 Å². The van der Waals surface area contributed by atoms with Crippen LogP contribution in [-0.4, -0.2) is 15.4 Å². The fourth-order valence-corrected chi connectivity index (χ4v) is 2.37. The first-order valence-electron chi connectivity index (χ1n) is 7.34. The molecule has 0 saturated carbocycles. The third kappa shape index (κ3) is 3.78. The number of nitrogens with one attached hydrogen (secondary N) is 1. The molecule has 0 saturated heterocycles. The van der Waals surface area contributed by atoms with Crippen molar-refractivity contribution in [1.29, 1.82) is 5.26 Å². The van der Waals surface area contributed by atoms with Gasteiger partial charge in [0.1, 0.15) is 17.6 Å². The van der Waals surface area contributed by atoms with Gasteiger partial charge in [-0.1, -0.05) is 24.3 Å². The Bertz CT molecular complexity index is 1010. The lowest BCUT2D eigenvalue weighted by Gasteiger charge is -2.06. The molecule has 0 fully saturated rings. The van der Waals surface area contributed by atoms with E-state index in [9.17, 15) is 17.6 Å². The minimum Gasteiger partial charge on any atom is -0.207 e. The maximum absolute atomic E-state index is 13.9. The minimum atomic E-state index is -4.43. The molecule has 0 bridgehead atoms. The van der Waals surface area contributed by atoms with Crippen molar-refractivity contribution >= 4 is 12.2 Å². The Morgan fingerprint density at radius 1 is 1.00 bits per heavy atom. The van der Waals surface area contributed by atoms with Crippen molar-refractivity contribution in [3.05, 3.63) is 70.7 Å². The van der Waals surface area contributed by atoms with Gasteiger partial charge in [-0.15, -0.1) is 5.10 Å². The SMILES string of the molecule is N#Cc1n[nH]nc1-c1cc(F)cc(/C=C/c2cccc(C(F)(F)F)c2)c1. The van der Waals surface area contributed by atoms with Gasteiger partial charge in [-0.3, -0.25) is 0 Å². The van der Waals surface area contributed by atoms with Crippen molar-refractivity contribution < 1.29 is 17.6 Å². The van der Waals surface area contributed by atoms with Crippen LogP contribution in [0.15, 0.2) is 42.5 Å². The lowest BCUT2D eigenvalue weighted by molar-refractivity contribution is -0.137. The van der Waals surface area contributed by atoms with E-state index in [0.717, 1.165) is 12.1 Å². The van der Waals surface area contributed by atoms with Gasteiger partial charge in [0.2, 0.25) is 0 Å². The number of nitrogens with zero attached hydrogens (tertiary/aromatic N) is 3. The van der Waals surface area contributed by atoms with Gasteiger partial charge in [-0.2, -0.15) is 28.7 Å². The van der Waals surface area contributed by atoms with Gasteiger partial charge in [0.05, 0.1) is 5.56 Å². The van der Waals surface area contributed by atoms with E-state index in [1.165, 1.54) is 36.4 Å². The van der Waals surface area contributed by atoms with Crippen LogP contribution in [0.25, 0.3) is 23.4 Å². The van der Waals surface area contributed by atoms with Gasteiger partial charge in [-0.25, -0.2) is 4.39 Å². The van der Waals surface area contributed by atoms with Gasteiger partial charge in [0, 0.05) is 5.56 Å². The standard InChI is InChI=1S/C18H10F4N4/c19-15-8-12(6-13(9-15)17-16(10-23)24-26-25-17)5-4-11-2-1-3-14(7-11)18(20,21)22/h1-9H,(H,24,25,26)/b5-4+. The second kappa shape index (κ2) is 6.80. The number of rotatable bonds is 3. The van der Waals surface area contributed by atoms with Gasteiger partial charge >= 0.3 is 6.18 Å². The molecule has 1 aromatic heterocycles. The summed E-state index contributed by atoms with van der Waals surface area (Å²) in [6.45, 7) is 0. The van der Waals surface area contributed by atoms with Crippen molar-refractivity contribution in [3.8, 4) is 17.3 Å². The predicted molar refractivity (Wildman–Crippen MR) is 86.9 cm³/mol. The first kappa shape index (κ1) is 17.4. The molecule has 0 radical (unpaired) electrons. The van der Waals surface area contributed by atoms with Crippen molar-refractivity contribution in [2.45, 2.75) is 6.18 Å². The second-order valence-electron chi connectivity index (χ2n) is 5.36. The zero-order valence-corrected chi connectivity index (χ0v) is 13.0. The summed E-state index contributed by atoms with van der Waals surface area (Å²) in [5, 5.41) is 18.7. The Morgan fingerprint density at radius 2 is 1.77 bits per heavy atom. The molecule has 0 aliphatic heterocycles. The molecule has 4 nitrogen and oxygen atoms in total. The van der Waals surface area contributed by atoms with E-state index in [2.05, 4.69) is 15.4 Å². The molecular formula is C18H10F4N4. The van der Waals surface area contributed by atoms with Crippen LogP contribution in [0.5, 0.6) is 0 Å². The number of aromatic nitrogens is 3. The smallest absolute Gasteiger partial charge is 0.207 e. The van der Waals surface area contributed by atoms with E-state index in [1.807, 2.05) is 6.07 Å². The molecule has 2 aromatic carbocycles. The van der Waals surface area contributed by atoms with E-state index >= 15 is 0 Å². The van der Waals surface area contributed by atoms with E-state index in [1.54, 1.807) is 6.07 Å². The maximum Gasteiger partial charge on any atom is 0.416 e. The van der Waals surface area contributed by atoms with Crippen LogP contribution in [0, 0.1) is 17.1 Å². The summed E-state index contributed by atoms with van der Waals surface area (Å²) in [4.78, 5) is 0. The molecule has 8 heteroatoms. The molecule has 0 spiro atoms. The van der Waals surface area contributed by atoms with Crippen LogP contribution in [0.2, 0.25) is 0 Å². The molecule has 0 unspecified atom stereocenters. The first-order valence-corrected chi connectivity index (χ1v) is 7.34. The van der Waals surface area contributed by atoms with Crippen molar-refractivity contribution in [2.75, 3.05) is 0 Å². The largest absolute Gasteiger partial charge is 0.416 e. The molecule has 0 aliphatic rings. The summed E-state index contributed by atoms with van der Waals surface area (Å²) < 4.78 is 52.1. The Morgan fingerprint density at radius 3 is 2.50 bits per heavy atom. The molecule has 0 aliphatic carbocycles. The van der Waals surface area contributed by atoms with Crippen molar-refractivity contribution in [3.63, 3.8) is 0 Å². The Hall–Kier alpha value is -3.47.